The maximum atomic E-state index is 12.0. The predicted octanol–water partition coefficient (Wildman–Crippen LogP) is 5.98. The summed E-state index contributed by atoms with van der Waals surface area (Å²) in [5.41, 5.74) is 4.50. The zero-order valence-electron chi connectivity index (χ0n) is 17.2. The largest absolute Gasteiger partial charge is 0.507 e. The maximum absolute atomic E-state index is 12.0. The first-order valence-electron chi connectivity index (χ1n) is 9.73. The molecule has 1 aliphatic carbocycles. The van der Waals surface area contributed by atoms with E-state index in [9.17, 15) is 9.90 Å². The summed E-state index contributed by atoms with van der Waals surface area (Å²) in [4.78, 5) is 12.0. The summed E-state index contributed by atoms with van der Waals surface area (Å²) in [7, 11) is 0. The summed E-state index contributed by atoms with van der Waals surface area (Å²) in [5.74, 6) is 0.370. The molecule has 0 fully saturated rings. The number of phenols is 1. The van der Waals surface area contributed by atoms with Crippen LogP contribution in [0.15, 0.2) is 47.6 Å². The van der Waals surface area contributed by atoms with Crippen molar-refractivity contribution in [3.63, 3.8) is 0 Å². The van der Waals surface area contributed by atoms with Gasteiger partial charge in [0.05, 0.1) is 0 Å². The number of benzene rings is 1. The number of phenolic OH excluding ortho intramolecular Hbond substituents is 1. The van der Waals surface area contributed by atoms with E-state index in [1.807, 2.05) is 19.1 Å². The molecule has 1 N–H and O–H groups in total. The molecule has 27 heavy (non-hydrogen) atoms. The summed E-state index contributed by atoms with van der Waals surface area (Å²) in [6.45, 7) is 11.2. The molecule has 1 aromatic rings. The van der Waals surface area contributed by atoms with Crippen molar-refractivity contribution in [1.29, 1.82) is 0 Å². The minimum absolute atomic E-state index is 0.155. The minimum Gasteiger partial charge on any atom is -0.507 e. The molecule has 0 heterocycles. The molecule has 0 spiro atoms. The monoisotopic (exact) mass is 368 g/mol. The smallest absolute Gasteiger partial charge is 0.331 e. The maximum Gasteiger partial charge on any atom is 0.331 e. The molecule has 1 unspecified atom stereocenters. The number of carbonyl (C=O) groups is 1. The highest BCUT2D eigenvalue weighted by Crippen LogP contribution is 2.44. The van der Waals surface area contributed by atoms with Gasteiger partial charge in [0, 0.05) is 11.6 Å². The molecule has 2 rings (SSSR count). The number of hydrogen-bond donors (Lipinski definition) is 1. The summed E-state index contributed by atoms with van der Waals surface area (Å²) in [6.07, 6.45) is 10.5. The average molecular weight is 369 g/mol. The lowest BCUT2D eigenvalue weighted by Crippen LogP contribution is -2.20. The van der Waals surface area contributed by atoms with Crippen molar-refractivity contribution in [3.8, 4) is 5.75 Å². The van der Waals surface area contributed by atoms with E-state index in [4.69, 9.17) is 4.74 Å². The molecule has 1 aromatic carbocycles. The summed E-state index contributed by atoms with van der Waals surface area (Å²) in [6, 6.07) is 5.28. The van der Waals surface area contributed by atoms with Gasteiger partial charge in [0.2, 0.25) is 0 Å². The van der Waals surface area contributed by atoms with Crippen LogP contribution in [-0.2, 0) is 9.53 Å². The number of rotatable bonds is 7. The van der Waals surface area contributed by atoms with E-state index >= 15 is 0 Å². The molecule has 1 atom stereocenters. The second kappa shape index (κ2) is 9.07. The number of carbonyl (C=O) groups excluding carboxylic acids is 1. The third-order valence-electron chi connectivity index (χ3n) is 5.87. The number of aryl methyl sites for hydroxylation is 1. The lowest BCUT2D eigenvalue weighted by atomic mass is 9.76. The van der Waals surface area contributed by atoms with Crippen LogP contribution in [0, 0.1) is 18.3 Å². The van der Waals surface area contributed by atoms with Gasteiger partial charge in [0.15, 0.2) is 0 Å². The number of allylic oxidation sites excluding steroid dienone is 3. The van der Waals surface area contributed by atoms with Gasteiger partial charge in [-0.1, -0.05) is 50.1 Å². The molecule has 0 bridgehead atoms. The van der Waals surface area contributed by atoms with Crippen molar-refractivity contribution < 1.29 is 14.6 Å². The average Bonchev–Trinajstić information content (AvgIpc) is 2.89. The molecule has 0 amide bonds. The SMILES string of the molecule is CC/C(=C\CC1CC=C(C)C1(C)C)COC(=O)/C=C/c1cc(C)ccc1O. The third-order valence-corrected chi connectivity index (χ3v) is 5.87. The molecule has 0 aromatic heterocycles. The fourth-order valence-corrected chi connectivity index (χ4v) is 3.38. The molecule has 0 aliphatic heterocycles. The van der Waals surface area contributed by atoms with Crippen molar-refractivity contribution in [2.45, 2.75) is 53.9 Å². The predicted molar refractivity (Wildman–Crippen MR) is 111 cm³/mol. The molecule has 3 nitrogen and oxygen atoms in total. The van der Waals surface area contributed by atoms with Gasteiger partial charge in [0.1, 0.15) is 12.4 Å². The fourth-order valence-electron chi connectivity index (χ4n) is 3.38. The van der Waals surface area contributed by atoms with Crippen LogP contribution in [0.25, 0.3) is 6.08 Å². The normalized spacial score (nSPS) is 19.4. The van der Waals surface area contributed by atoms with Crippen LogP contribution in [0.3, 0.4) is 0 Å². The second-order valence-electron chi connectivity index (χ2n) is 8.00. The van der Waals surface area contributed by atoms with E-state index in [1.54, 1.807) is 12.1 Å². The van der Waals surface area contributed by atoms with Gasteiger partial charge < -0.3 is 9.84 Å². The second-order valence-corrected chi connectivity index (χ2v) is 8.00. The Balaban J connectivity index is 1.89. The molecular formula is C24H32O3. The van der Waals surface area contributed by atoms with E-state index in [1.165, 1.54) is 11.6 Å². The zero-order chi connectivity index (χ0) is 20.0. The van der Waals surface area contributed by atoms with Gasteiger partial charge in [0.25, 0.3) is 0 Å². The number of ether oxygens (including phenoxy) is 1. The van der Waals surface area contributed by atoms with Crippen LogP contribution in [0.4, 0.5) is 0 Å². The van der Waals surface area contributed by atoms with E-state index in [-0.39, 0.29) is 11.2 Å². The van der Waals surface area contributed by atoms with Gasteiger partial charge in [-0.3, -0.25) is 0 Å². The first kappa shape index (κ1) is 21.0. The van der Waals surface area contributed by atoms with Gasteiger partial charge in [-0.25, -0.2) is 4.79 Å². The van der Waals surface area contributed by atoms with Crippen molar-refractivity contribution in [2.24, 2.45) is 11.3 Å². The highest BCUT2D eigenvalue weighted by Gasteiger charge is 2.33. The number of esters is 1. The molecule has 146 valence electrons. The van der Waals surface area contributed by atoms with Crippen molar-refractivity contribution in [1.82, 2.24) is 0 Å². The molecule has 3 heteroatoms. The van der Waals surface area contributed by atoms with Crippen LogP contribution >= 0.6 is 0 Å². The molecule has 0 saturated carbocycles. The molecule has 0 radical (unpaired) electrons. The summed E-state index contributed by atoms with van der Waals surface area (Å²) in [5, 5.41) is 9.82. The van der Waals surface area contributed by atoms with E-state index in [0.29, 0.717) is 18.1 Å². The Morgan fingerprint density at radius 1 is 1.33 bits per heavy atom. The van der Waals surface area contributed by atoms with Crippen molar-refractivity contribution >= 4 is 12.0 Å². The Kier molecular flexibility index (Phi) is 7.06. The molecular weight excluding hydrogens is 336 g/mol. The van der Waals surface area contributed by atoms with Gasteiger partial charge in [-0.05, 0) is 68.2 Å². The summed E-state index contributed by atoms with van der Waals surface area (Å²) < 4.78 is 5.39. The quantitative estimate of drug-likeness (QED) is 0.366. The minimum atomic E-state index is -0.394. The summed E-state index contributed by atoms with van der Waals surface area (Å²) >= 11 is 0. The third kappa shape index (κ3) is 5.59. The zero-order valence-corrected chi connectivity index (χ0v) is 17.2. The number of hydrogen-bond acceptors (Lipinski definition) is 3. The van der Waals surface area contributed by atoms with Gasteiger partial charge in [-0.2, -0.15) is 0 Å². The van der Waals surface area contributed by atoms with E-state index < -0.39 is 5.97 Å². The van der Waals surface area contributed by atoms with Crippen molar-refractivity contribution in [2.75, 3.05) is 6.61 Å². The Labute approximate surface area is 163 Å². The van der Waals surface area contributed by atoms with Crippen LogP contribution in [0.1, 0.15) is 58.1 Å². The Morgan fingerprint density at radius 2 is 2.07 bits per heavy atom. The lowest BCUT2D eigenvalue weighted by molar-refractivity contribution is -0.136. The molecule has 0 saturated heterocycles. The van der Waals surface area contributed by atoms with Gasteiger partial charge in [-0.15, -0.1) is 0 Å². The Hall–Kier alpha value is -2.29. The van der Waals surface area contributed by atoms with E-state index in [2.05, 4.69) is 39.8 Å². The van der Waals surface area contributed by atoms with Crippen LogP contribution in [-0.4, -0.2) is 17.7 Å². The molecule has 1 aliphatic rings. The highest BCUT2D eigenvalue weighted by atomic mass is 16.5. The van der Waals surface area contributed by atoms with Crippen LogP contribution < -0.4 is 0 Å². The Bertz CT molecular complexity index is 766. The van der Waals surface area contributed by atoms with Crippen molar-refractivity contribution in [3.05, 3.63) is 58.7 Å². The van der Waals surface area contributed by atoms with E-state index in [0.717, 1.165) is 30.4 Å². The first-order chi connectivity index (χ1) is 12.7. The Morgan fingerprint density at radius 3 is 2.70 bits per heavy atom. The fraction of sp³-hybridized carbons (Fsp3) is 0.458. The van der Waals surface area contributed by atoms with Crippen LogP contribution in [0.5, 0.6) is 5.75 Å². The van der Waals surface area contributed by atoms with Gasteiger partial charge >= 0.3 is 5.97 Å². The topological polar surface area (TPSA) is 46.5 Å². The van der Waals surface area contributed by atoms with Crippen LogP contribution in [0.2, 0.25) is 0 Å². The lowest BCUT2D eigenvalue weighted by Gasteiger charge is -2.29. The standard InChI is InChI=1S/C24H32O3/c1-6-19(9-12-21-11-8-18(3)24(21,4)5)16-27-23(26)14-10-20-15-17(2)7-13-22(20)25/h7-10,13-15,21,25H,6,11-12,16H2,1-5H3/b14-10+,19-9+. The highest BCUT2D eigenvalue weighted by molar-refractivity contribution is 5.87. The first-order valence-corrected chi connectivity index (χ1v) is 9.73. The number of aromatic hydroxyl groups is 1.